The molecule has 0 aromatic heterocycles. The highest BCUT2D eigenvalue weighted by Crippen LogP contribution is 2.33. The smallest absolute Gasteiger partial charge is 0.248 e. The summed E-state index contributed by atoms with van der Waals surface area (Å²) in [7, 11) is 1.52. The number of rotatable bonds is 4. The van der Waals surface area contributed by atoms with Crippen LogP contribution < -0.4 is 10.1 Å². The molecule has 1 amide bonds. The Kier molecular flexibility index (Phi) is 5.69. The van der Waals surface area contributed by atoms with Gasteiger partial charge in [0, 0.05) is 22.3 Å². The fraction of sp³-hybridized carbons (Fsp3) is 0.167. The van der Waals surface area contributed by atoms with Gasteiger partial charge in [0.25, 0.3) is 0 Å². The number of halogens is 2. The maximum atomic E-state index is 12.1. The van der Waals surface area contributed by atoms with E-state index in [2.05, 4.69) is 5.32 Å². The van der Waals surface area contributed by atoms with E-state index in [-0.39, 0.29) is 5.91 Å². The van der Waals surface area contributed by atoms with Crippen LogP contribution in [0.15, 0.2) is 36.4 Å². The van der Waals surface area contributed by atoms with E-state index in [0.29, 0.717) is 21.4 Å². The first-order valence-corrected chi connectivity index (χ1v) is 7.76. The van der Waals surface area contributed by atoms with Crippen LogP contribution >= 0.6 is 23.2 Å². The first-order valence-electron chi connectivity index (χ1n) is 7.00. The van der Waals surface area contributed by atoms with Gasteiger partial charge in [0.05, 0.1) is 12.1 Å². The molecule has 0 aliphatic carbocycles. The van der Waals surface area contributed by atoms with E-state index in [0.717, 1.165) is 16.8 Å². The second kappa shape index (κ2) is 7.53. The summed E-state index contributed by atoms with van der Waals surface area (Å²) in [5.41, 5.74) is 3.59. The second-order valence-corrected chi connectivity index (χ2v) is 5.92. The fourth-order valence-corrected chi connectivity index (χ4v) is 2.73. The number of methoxy groups -OCH3 is 1. The molecule has 0 atom stereocenters. The van der Waals surface area contributed by atoms with E-state index < -0.39 is 0 Å². The van der Waals surface area contributed by atoms with Gasteiger partial charge in [-0.15, -0.1) is 0 Å². The molecule has 5 heteroatoms. The van der Waals surface area contributed by atoms with E-state index >= 15 is 0 Å². The van der Waals surface area contributed by atoms with Gasteiger partial charge in [-0.05, 0) is 49.2 Å². The maximum absolute atomic E-state index is 12.1. The largest absolute Gasteiger partial charge is 0.495 e. The summed E-state index contributed by atoms with van der Waals surface area (Å²) in [6.45, 7) is 3.97. The molecule has 0 radical (unpaired) electrons. The minimum atomic E-state index is -0.239. The van der Waals surface area contributed by atoms with Crippen molar-refractivity contribution in [3.05, 3.63) is 63.1 Å². The van der Waals surface area contributed by atoms with Gasteiger partial charge in [-0.2, -0.15) is 0 Å². The molecule has 0 fully saturated rings. The zero-order chi connectivity index (χ0) is 17.0. The molecule has 120 valence electrons. The second-order valence-electron chi connectivity index (χ2n) is 5.08. The summed E-state index contributed by atoms with van der Waals surface area (Å²) in [6, 6.07) is 9.05. The normalized spacial score (nSPS) is 10.8. The highest BCUT2D eigenvalue weighted by Gasteiger charge is 2.08. The van der Waals surface area contributed by atoms with Gasteiger partial charge in [-0.25, -0.2) is 0 Å². The van der Waals surface area contributed by atoms with Crippen molar-refractivity contribution in [1.29, 1.82) is 0 Å². The van der Waals surface area contributed by atoms with Crippen molar-refractivity contribution in [3.63, 3.8) is 0 Å². The van der Waals surface area contributed by atoms with Gasteiger partial charge >= 0.3 is 0 Å². The van der Waals surface area contributed by atoms with Crippen LogP contribution in [0, 0.1) is 13.8 Å². The number of carbonyl (C=O) groups is 1. The summed E-state index contributed by atoms with van der Waals surface area (Å²) in [6.07, 6.45) is 3.04. The third-order valence-corrected chi connectivity index (χ3v) is 4.02. The molecule has 0 saturated heterocycles. The van der Waals surface area contributed by atoms with Gasteiger partial charge in [-0.1, -0.05) is 35.3 Å². The number of benzene rings is 2. The number of anilines is 1. The molecule has 2 aromatic carbocycles. The van der Waals surface area contributed by atoms with Gasteiger partial charge in [0.15, 0.2) is 0 Å². The Morgan fingerprint density at radius 3 is 2.65 bits per heavy atom. The van der Waals surface area contributed by atoms with E-state index in [1.807, 2.05) is 32.0 Å². The van der Waals surface area contributed by atoms with E-state index in [1.54, 1.807) is 18.2 Å². The monoisotopic (exact) mass is 349 g/mol. The third kappa shape index (κ3) is 4.27. The Morgan fingerprint density at radius 1 is 1.22 bits per heavy atom. The van der Waals surface area contributed by atoms with Crippen LogP contribution in [0.2, 0.25) is 10.0 Å². The van der Waals surface area contributed by atoms with Gasteiger partial charge in [-0.3, -0.25) is 4.79 Å². The summed E-state index contributed by atoms with van der Waals surface area (Å²) < 4.78 is 5.24. The van der Waals surface area contributed by atoms with Gasteiger partial charge < -0.3 is 10.1 Å². The highest BCUT2D eigenvalue weighted by molar-refractivity contribution is 6.36. The van der Waals surface area contributed by atoms with E-state index in [1.165, 1.54) is 13.2 Å². The molecule has 3 nitrogen and oxygen atoms in total. The van der Waals surface area contributed by atoms with Crippen LogP contribution in [0.25, 0.3) is 6.08 Å². The van der Waals surface area contributed by atoms with E-state index in [4.69, 9.17) is 27.9 Å². The van der Waals surface area contributed by atoms with Crippen molar-refractivity contribution in [2.75, 3.05) is 12.4 Å². The molecule has 0 aliphatic rings. The molecule has 0 aliphatic heterocycles. The summed E-state index contributed by atoms with van der Waals surface area (Å²) in [5.74, 6) is 0.240. The minimum Gasteiger partial charge on any atom is -0.495 e. The molecule has 1 N–H and O–H groups in total. The predicted octanol–water partition coefficient (Wildman–Crippen LogP) is 5.27. The number of hydrogen-bond donors (Lipinski definition) is 1. The summed E-state index contributed by atoms with van der Waals surface area (Å²) in [5, 5.41) is 3.73. The molecular weight excluding hydrogens is 333 g/mol. The lowest BCUT2D eigenvalue weighted by Gasteiger charge is -2.09. The lowest BCUT2D eigenvalue weighted by Crippen LogP contribution is -2.09. The van der Waals surface area contributed by atoms with Crippen molar-refractivity contribution in [2.45, 2.75) is 13.8 Å². The zero-order valence-corrected chi connectivity index (χ0v) is 14.6. The standard InChI is InChI=1S/C18H17Cl2NO2/c1-11-5-4-6-16(12(11)2)21-17(22)8-7-13-9-14(19)10-15(20)18(13)23-3/h4-10H,1-3H3,(H,21,22). The third-order valence-electron chi connectivity index (χ3n) is 3.52. The molecule has 2 aromatic rings. The molecule has 23 heavy (non-hydrogen) atoms. The molecule has 0 spiro atoms. The Balaban J connectivity index is 2.20. The number of carbonyl (C=O) groups excluding carboxylic acids is 1. The number of ether oxygens (including phenoxy) is 1. The van der Waals surface area contributed by atoms with Crippen LogP contribution in [-0.2, 0) is 4.79 Å². The quantitative estimate of drug-likeness (QED) is 0.763. The van der Waals surface area contributed by atoms with Gasteiger partial charge in [0.1, 0.15) is 5.75 Å². The number of hydrogen-bond acceptors (Lipinski definition) is 2. The summed E-state index contributed by atoms with van der Waals surface area (Å²) >= 11 is 12.1. The fourth-order valence-electron chi connectivity index (χ4n) is 2.15. The van der Waals surface area contributed by atoms with Gasteiger partial charge in [0.2, 0.25) is 5.91 Å². The Labute approximate surface area is 145 Å². The molecule has 2 rings (SSSR count). The van der Waals surface area contributed by atoms with Crippen molar-refractivity contribution < 1.29 is 9.53 Å². The number of nitrogens with one attached hydrogen (secondary N) is 1. The van der Waals surface area contributed by atoms with Crippen molar-refractivity contribution in [3.8, 4) is 5.75 Å². The summed E-state index contributed by atoms with van der Waals surface area (Å²) in [4.78, 5) is 12.1. The average molecular weight is 350 g/mol. The Bertz CT molecular complexity index is 770. The maximum Gasteiger partial charge on any atom is 0.248 e. The van der Waals surface area contributed by atoms with Crippen LogP contribution in [0.4, 0.5) is 5.69 Å². The van der Waals surface area contributed by atoms with E-state index in [9.17, 15) is 4.79 Å². The number of aryl methyl sites for hydroxylation is 1. The lowest BCUT2D eigenvalue weighted by molar-refractivity contribution is -0.111. The lowest BCUT2D eigenvalue weighted by atomic mass is 10.1. The highest BCUT2D eigenvalue weighted by atomic mass is 35.5. The average Bonchev–Trinajstić information content (AvgIpc) is 2.49. The van der Waals surface area contributed by atoms with Crippen LogP contribution in [0.5, 0.6) is 5.75 Å². The topological polar surface area (TPSA) is 38.3 Å². The zero-order valence-electron chi connectivity index (χ0n) is 13.1. The molecule has 0 unspecified atom stereocenters. The molecule has 0 bridgehead atoms. The van der Waals surface area contributed by atoms with Crippen molar-refractivity contribution in [1.82, 2.24) is 0 Å². The van der Waals surface area contributed by atoms with Crippen molar-refractivity contribution >= 4 is 40.9 Å². The first kappa shape index (κ1) is 17.4. The Hall–Kier alpha value is -1.97. The molecule has 0 heterocycles. The molecular formula is C18H17Cl2NO2. The predicted molar refractivity (Wildman–Crippen MR) is 96.6 cm³/mol. The first-order chi connectivity index (χ1) is 10.9. The number of amides is 1. The van der Waals surface area contributed by atoms with Crippen LogP contribution in [0.1, 0.15) is 16.7 Å². The SMILES string of the molecule is COc1c(Cl)cc(Cl)cc1C=CC(=O)Nc1cccc(C)c1C. The van der Waals surface area contributed by atoms with Crippen LogP contribution in [0.3, 0.4) is 0 Å². The Morgan fingerprint density at radius 2 is 1.96 bits per heavy atom. The minimum absolute atomic E-state index is 0.239. The van der Waals surface area contributed by atoms with Crippen molar-refractivity contribution in [2.24, 2.45) is 0 Å². The van der Waals surface area contributed by atoms with Crippen LogP contribution in [-0.4, -0.2) is 13.0 Å². The molecule has 0 saturated carbocycles.